The van der Waals surface area contributed by atoms with Gasteiger partial charge in [-0.15, -0.1) is 11.3 Å². The summed E-state index contributed by atoms with van der Waals surface area (Å²) in [5.74, 6) is 0. The molecule has 0 radical (unpaired) electrons. The van der Waals surface area contributed by atoms with Gasteiger partial charge in [0.25, 0.3) is 0 Å². The first-order valence-electron chi connectivity index (χ1n) is 16.9. The number of hydrogen-bond donors (Lipinski definition) is 0. The van der Waals surface area contributed by atoms with Gasteiger partial charge in [-0.25, -0.2) is 0 Å². The summed E-state index contributed by atoms with van der Waals surface area (Å²) in [6.45, 7) is 0. The summed E-state index contributed by atoms with van der Waals surface area (Å²) in [6, 6.07) is 61.2. The Kier molecular flexibility index (Phi) is 5.83. The van der Waals surface area contributed by atoms with Gasteiger partial charge in [-0.05, 0) is 72.1 Å². The van der Waals surface area contributed by atoms with Crippen LogP contribution in [-0.2, 0) is 0 Å². The Bertz CT molecular complexity index is 3110. The Labute approximate surface area is 291 Å². The third-order valence-corrected chi connectivity index (χ3v) is 11.3. The lowest BCUT2D eigenvalue weighted by atomic mass is 10.0. The van der Waals surface area contributed by atoms with Gasteiger partial charge in [0.2, 0.25) is 0 Å². The zero-order valence-corrected chi connectivity index (χ0v) is 27.7. The SMILES string of the molecule is c1ccc(-n2c3ccccc3c3c(N(c4ccc5c(c4)oc4c6ccccc6ccc54)c4cccc5sc6ccccc6c45)cccc32)cc1. The van der Waals surface area contributed by atoms with Crippen molar-refractivity contribution < 1.29 is 4.42 Å². The van der Waals surface area contributed by atoms with Crippen molar-refractivity contribution in [3.05, 3.63) is 170 Å². The molecule has 234 valence electrons. The van der Waals surface area contributed by atoms with Crippen LogP contribution in [0.15, 0.2) is 174 Å². The molecule has 0 bridgehead atoms. The lowest BCUT2D eigenvalue weighted by molar-refractivity contribution is 0.673. The number of rotatable bonds is 4. The van der Waals surface area contributed by atoms with Gasteiger partial charge in [-0.3, -0.25) is 0 Å². The first kappa shape index (κ1) is 27.6. The molecule has 0 atom stereocenters. The summed E-state index contributed by atoms with van der Waals surface area (Å²) < 4.78 is 11.7. The van der Waals surface area contributed by atoms with Crippen molar-refractivity contribution in [2.75, 3.05) is 4.90 Å². The highest BCUT2D eigenvalue weighted by atomic mass is 32.1. The van der Waals surface area contributed by atoms with E-state index in [1.54, 1.807) is 0 Å². The second kappa shape index (κ2) is 10.6. The third kappa shape index (κ3) is 3.91. The molecule has 0 spiro atoms. The lowest BCUT2D eigenvalue weighted by Crippen LogP contribution is -2.10. The molecule has 0 fully saturated rings. The zero-order valence-electron chi connectivity index (χ0n) is 26.9. The van der Waals surface area contributed by atoms with Gasteiger partial charge in [0, 0.05) is 64.5 Å². The summed E-state index contributed by atoms with van der Waals surface area (Å²) in [5.41, 5.74) is 8.61. The lowest BCUT2D eigenvalue weighted by Gasteiger charge is -2.27. The van der Waals surface area contributed by atoms with Crippen LogP contribution in [0.3, 0.4) is 0 Å². The van der Waals surface area contributed by atoms with Gasteiger partial charge in [0.1, 0.15) is 11.2 Å². The van der Waals surface area contributed by atoms with Crippen molar-refractivity contribution in [3.8, 4) is 5.69 Å². The van der Waals surface area contributed by atoms with Crippen LogP contribution in [0, 0.1) is 0 Å². The van der Waals surface area contributed by atoms with E-state index in [0.29, 0.717) is 0 Å². The maximum absolute atomic E-state index is 6.76. The van der Waals surface area contributed by atoms with Gasteiger partial charge in [0.05, 0.1) is 22.4 Å². The fourth-order valence-electron chi connectivity index (χ4n) is 8.02. The zero-order chi connectivity index (χ0) is 32.8. The van der Waals surface area contributed by atoms with Crippen LogP contribution in [0.2, 0.25) is 0 Å². The fourth-order valence-corrected chi connectivity index (χ4v) is 9.15. The molecule has 0 saturated carbocycles. The number of furan rings is 1. The third-order valence-electron chi connectivity index (χ3n) is 10.2. The summed E-state index contributed by atoms with van der Waals surface area (Å²) in [6.07, 6.45) is 0. The fraction of sp³-hybridized carbons (Fsp3) is 0. The van der Waals surface area contributed by atoms with Crippen molar-refractivity contribution in [3.63, 3.8) is 0 Å². The molecule has 0 saturated heterocycles. The molecule has 0 unspecified atom stereocenters. The molecule has 11 rings (SSSR count). The molecule has 0 aliphatic rings. The number of nitrogens with zero attached hydrogens (tertiary/aromatic N) is 2. The minimum atomic E-state index is 0.875. The molecule has 0 aliphatic heterocycles. The first-order chi connectivity index (χ1) is 24.8. The molecular formula is C46H28N2OS. The molecule has 50 heavy (non-hydrogen) atoms. The van der Waals surface area contributed by atoms with Crippen LogP contribution in [0.25, 0.3) is 80.4 Å². The van der Waals surface area contributed by atoms with E-state index in [-0.39, 0.29) is 0 Å². The van der Waals surface area contributed by atoms with Crippen molar-refractivity contribution in [2.24, 2.45) is 0 Å². The van der Waals surface area contributed by atoms with E-state index < -0.39 is 0 Å². The quantitative estimate of drug-likeness (QED) is 0.188. The van der Waals surface area contributed by atoms with Crippen molar-refractivity contribution >= 4 is 103 Å². The Morgan fingerprint density at radius 3 is 2.04 bits per heavy atom. The number of thiophene rings is 1. The number of hydrogen-bond acceptors (Lipinski definition) is 3. The molecule has 0 aliphatic carbocycles. The molecule has 3 nitrogen and oxygen atoms in total. The summed E-state index contributed by atoms with van der Waals surface area (Å²) in [5, 5.41) is 9.51. The van der Waals surface area contributed by atoms with E-state index in [4.69, 9.17) is 4.42 Å². The maximum Gasteiger partial charge on any atom is 0.143 e. The topological polar surface area (TPSA) is 21.3 Å². The number of para-hydroxylation sites is 2. The molecule has 11 aromatic rings. The molecule has 8 aromatic carbocycles. The van der Waals surface area contributed by atoms with Crippen LogP contribution in [0.1, 0.15) is 0 Å². The Morgan fingerprint density at radius 2 is 1.14 bits per heavy atom. The minimum Gasteiger partial charge on any atom is -0.455 e. The highest BCUT2D eigenvalue weighted by Crippen LogP contribution is 2.49. The van der Waals surface area contributed by atoms with Gasteiger partial charge in [0.15, 0.2) is 0 Å². The van der Waals surface area contributed by atoms with E-state index in [1.807, 2.05) is 11.3 Å². The average molecular weight is 657 g/mol. The number of benzene rings is 8. The molecule has 3 heterocycles. The van der Waals surface area contributed by atoms with E-state index in [0.717, 1.165) is 50.1 Å². The number of fused-ring (bicyclic) bond motifs is 11. The second-order valence-electron chi connectivity index (χ2n) is 12.9. The molecule has 0 amide bonds. The van der Waals surface area contributed by atoms with Crippen LogP contribution in [-0.4, -0.2) is 4.57 Å². The molecule has 4 heteroatoms. The smallest absolute Gasteiger partial charge is 0.143 e. The van der Waals surface area contributed by atoms with E-state index in [9.17, 15) is 0 Å². The molecular weight excluding hydrogens is 629 g/mol. The van der Waals surface area contributed by atoms with Crippen molar-refractivity contribution in [1.29, 1.82) is 0 Å². The summed E-state index contributed by atoms with van der Waals surface area (Å²) >= 11 is 1.85. The minimum absolute atomic E-state index is 0.875. The Hall–Kier alpha value is -6.36. The normalized spacial score (nSPS) is 12.0. The van der Waals surface area contributed by atoms with E-state index in [2.05, 4.69) is 179 Å². The van der Waals surface area contributed by atoms with Crippen LogP contribution in [0.4, 0.5) is 17.1 Å². The largest absolute Gasteiger partial charge is 0.455 e. The standard InChI is InChI=1S/C46H28N2OS/c1-2-13-30(14-3-1)47-37-18-8-6-16-35(37)44-38(47)19-10-20-39(44)48(40-21-11-23-43-45(40)36-17-7-9-22-42(36)50-43)31-25-27-33-34-26-24-29-12-4-5-15-32(29)46(34)49-41(33)28-31/h1-28H. The van der Waals surface area contributed by atoms with Crippen LogP contribution in [0.5, 0.6) is 0 Å². The predicted octanol–water partition coefficient (Wildman–Crippen LogP) is 13.7. The predicted molar refractivity (Wildman–Crippen MR) is 213 cm³/mol. The number of aromatic nitrogens is 1. The maximum atomic E-state index is 6.76. The van der Waals surface area contributed by atoms with Gasteiger partial charge < -0.3 is 13.9 Å². The Morgan fingerprint density at radius 1 is 0.460 bits per heavy atom. The molecule has 0 N–H and O–H groups in total. The van der Waals surface area contributed by atoms with Crippen molar-refractivity contribution in [1.82, 2.24) is 4.57 Å². The summed E-state index contributed by atoms with van der Waals surface area (Å²) in [4.78, 5) is 2.45. The van der Waals surface area contributed by atoms with Crippen LogP contribution >= 0.6 is 11.3 Å². The highest BCUT2D eigenvalue weighted by molar-refractivity contribution is 7.26. The van der Waals surface area contributed by atoms with Gasteiger partial charge in [-0.1, -0.05) is 97.1 Å². The average Bonchev–Trinajstić information content (AvgIpc) is 3.85. The van der Waals surface area contributed by atoms with Gasteiger partial charge >= 0.3 is 0 Å². The molecule has 3 aromatic heterocycles. The first-order valence-corrected chi connectivity index (χ1v) is 17.8. The number of anilines is 3. The van der Waals surface area contributed by atoms with Gasteiger partial charge in [-0.2, -0.15) is 0 Å². The van der Waals surface area contributed by atoms with Crippen molar-refractivity contribution in [2.45, 2.75) is 0 Å². The van der Waals surface area contributed by atoms with E-state index >= 15 is 0 Å². The second-order valence-corrected chi connectivity index (χ2v) is 14.0. The highest BCUT2D eigenvalue weighted by Gasteiger charge is 2.24. The monoisotopic (exact) mass is 656 g/mol. The van der Waals surface area contributed by atoms with Crippen LogP contribution < -0.4 is 4.90 Å². The Balaban J connectivity index is 1.26. The summed E-state index contributed by atoms with van der Waals surface area (Å²) in [7, 11) is 0. The van der Waals surface area contributed by atoms with E-state index in [1.165, 1.54) is 47.4 Å².